The van der Waals surface area contributed by atoms with Gasteiger partial charge in [-0.2, -0.15) is 0 Å². The highest BCUT2D eigenvalue weighted by Crippen LogP contribution is 2.26. The molecule has 29 heavy (non-hydrogen) atoms. The van der Waals surface area contributed by atoms with Gasteiger partial charge in [0.2, 0.25) is 18.6 Å². The molecule has 2 N–H and O–H groups in total. The third-order valence-corrected chi connectivity index (χ3v) is 3.57. The van der Waals surface area contributed by atoms with Crippen LogP contribution in [0, 0.1) is 0 Å². The Bertz CT molecular complexity index is 798. The van der Waals surface area contributed by atoms with Gasteiger partial charge in [0.15, 0.2) is 0 Å². The molecule has 5 nitrogen and oxygen atoms in total. The molecule has 2 aromatic carbocycles. The molecular weight excluding hydrogens is 401 g/mol. The molecule has 0 spiro atoms. The van der Waals surface area contributed by atoms with Gasteiger partial charge in [-0.1, -0.05) is 6.07 Å². The maximum atomic E-state index is 13.9. The van der Waals surface area contributed by atoms with E-state index in [2.05, 4.69) is 4.74 Å². The number of carbonyl (C=O) groups is 1. The number of halogens is 5. The first-order valence-corrected chi connectivity index (χ1v) is 8.49. The summed E-state index contributed by atoms with van der Waals surface area (Å²) in [5, 5.41) is 0. The Kier molecular flexibility index (Phi) is 7.63. The summed E-state index contributed by atoms with van der Waals surface area (Å²) in [7, 11) is 0. The van der Waals surface area contributed by atoms with E-state index in [4.69, 9.17) is 15.2 Å². The van der Waals surface area contributed by atoms with Crippen molar-refractivity contribution in [3.63, 3.8) is 0 Å². The molecule has 10 heteroatoms. The maximum Gasteiger partial charge on any atom is 0.573 e. The van der Waals surface area contributed by atoms with Crippen LogP contribution in [0.5, 0.6) is 17.2 Å². The van der Waals surface area contributed by atoms with E-state index >= 15 is 0 Å². The molecule has 2 atom stereocenters. The van der Waals surface area contributed by atoms with Crippen molar-refractivity contribution >= 4 is 5.91 Å². The minimum absolute atomic E-state index is 0.00309. The summed E-state index contributed by atoms with van der Waals surface area (Å²) in [6, 6.07) is 9.91. The standard InChI is InChI=1S/C19H18F5NO4/c20-16(27-13-7-9-14(10-8-13)29-19(22,23)24)5-2-6-17(21)28-15-4-1-3-12(11-15)18(25)26/h1,3-4,7-11,16-17H,2,5-6H2,(H2,25,26). The van der Waals surface area contributed by atoms with Crippen LogP contribution in [-0.4, -0.2) is 25.0 Å². The van der Waals surface area contributed by atoms with E-state index in [1.807, 2.05) is 0 Å². The number of ether oxygens (including phenoxy) is 3. The summed E-state index contributed by atoms with van der Waals surface area (Å²) in [6.07, 6.45) is -8.56. The molecule has 1 amide bonds. The van der Waals surface area contributed by atoms with Crippen LogP contribution in [0.3, 0.4) is 0 Å². The van der Waals surface area contributed by atoms with Crippen molar-refractivity contribution in [3.8, 4) is 17.2 Å². The summed E-state index contributed by atoms with van der Waals surface area (Å²) >= 11 is 0. The van der Waals surface area contributed by atoms with E-state index in [1.54, 1.807) is 0 Å². The molecule has 0 aliphatic rings. The summed E-state index contributed by atoms with van der Waals surface area (Å²) in [6.45, 7) is 0. The van der Waals surface area contributed by atoms with E-state index in [-0.39, 0.29) is 36.3 Å². The van der Waals surface area contributed by atoms with Gasteiger partial charge in [-0.25, -0.2) is 8.78 Å². The van der Waals surface area contributed by atoms with Gasteiger partial charge < -0.3 is 19.9 Å². The first-order chi connectivity index (χ1) is 13.6. The van der Waals surface area contributed by atoms with Crippen LogP contribution in [0.25, 0.3) is 0 Å². The SMILES string of the molecule is NC(=O)c1cccc(OC(F)CCCC(F)Oc2ccc(OC(F)(F)F)cc2)c1. The fourth-order valence-electron chi connectivity index (χ4n) is 2.29. The monoisotopic (exact) mass is 419 g/mol. The van der Waals surface area contributed by atoms with Crippen molar-refractivity contribution in [2.75, 3.05) is 0 Å². The number of carbonyl (C=O) groups excluding carboxylic acids is 1. The summed E-state index contributed by atoms with van der Waals surface area (Å²) in [5.74, 6) is -1.02. The molecule has 0 radical (unpaired) electrons. The van der Waals surface area contributed by atoms with E-state index in [9.17, 15) is 26.7 Å². The Balaban J connectivity index is 1.73. The topological polar surface area (TPSA) is 70.8 Å². The Labute approximate surface area is 163 Å². The van der Waals surface area contributed by atoms with Gasteiger partial charge in [0.25, 0.3) is 0 Å². The fraction of sp³-hybridized carbons (Fsp3) is 0.316. The normalized spacial score (nSPS) is 13.4. The van der Waals surface area contributed by atoms with Crippen LogP contribution in [0.15, 0.2) is 48.5 Å². The minimum atomic E-state index is -4.82. The van der Waals surface area contributed by atoms with E-state index in [0.717, 1.165) is 24.3 Å². The van der Waals surface area contributed by atoms with Gasteiger partial charge in [-0.15, -0.1) is 13.2 Å². The maximum absolute atomic E-state index is 13.9. The second kappa shape index (κ2) is 9.94. The van der Waals surface area contributed by atoms with Crippen LogP contribution in [-0.2, 0) is 0 Å². The lowest BCUT2D eigenvalue weighted by molar-refractivity contribution is -0.274. The molecule has 0 fully saturated rings. The second-order valence-electron chi connectivity index (χ2n) is 5.90. The number of benzene rings is 2. The van der Waals surface area contributed by atoms with Crippen LogP contribution < -0.4 is 19.9 Å². The highest BCUT2D eigenvalue weighted by atomic mass is 19.4. The van der Waals surface area contributed by atoms with Crippen molar-refractivity contribution < 1.29 is 41.0 Å². The number of primary amides is 1. The average Bonchev–Trinajstić information content (AvgIpc) is 2.62. The van der Waals surface area contributed by atoms with Gasteiger partial charge in [0.05, 0.1) is 0 Å². The number of hydrogen-bond acceptors (Lipinski definition) is 4. The fourth-order valence-corrected chi connectivity index (χ4v) is 2.29. The number of amides is 1. The number of alkyl halides is 5. The highest BCUT2D eigenvalue weighted by molar-refractivity contribution is 5.93. The van der Waals surface area contributed by atoms with Gasteiger partial charge >= 0.3 is 6.36 Å². The average molecular weight is 419 g/mol. The highest BCUT2D eigenvalue weighted by Gasteiger charge is 2.31. The first-order valence-electron chi connectivity index (χ1n) is 8.49. The predicted octanol–water partition coefficient (Wildman–Crippen LogP) is 4.90. The lowest BCUT2D eigenvalue weighted by Crippen LogP contribution is -2.17. The van der Waals surface area contributed by atoms with Crippen molar-refractivity contribution in [1.29, 1.82) is 0 Å². The third-order valence-electron chi connectivity index (χ3n) is 3.57. The van der Waals surface area contributed by atoms with Crippen molar-refractivity contribution in [2.45, 2.75) is 38.3 Å². The molecule has 158 valence electrons. The quantitative estimate of drug-likeness (QED) is 0.556. The van der Waals surface area contributed by atoms with Gasteiger partial charge in [-0.05, 0) is 48.9 Å². The van der Waals surface area contributed by atoms with Crippen molar-refractivity contribution in [3.05, 3.63) is 54.1 Å². The molecule has 2 unspecified atom stereocenters. The largest absolute Gasteiger partial charge is 0.573 e. The Morgan fingerprint density at radius 2 is 1.45 bits per heavy atom. The molecule has 2 aromatic rings. The lowest BCUT2D eigenvalue weighted by atomic mass is 10.2. The van der Waals surface area contributed by atoms with Crippen LogP contribution in [0.1, 0.15) is 29.6 Å². The Morgan fingerprint density at radius 1 is 0.897 bits per heavy atom. The van der Waals surface area contributed by atoms with Gasteiger partial charge in [0.1, 0.15) is 17.2 Å². The van der Waals surface area contributed by atoms with E-state index < -0.39 is 30.7 Å². The zero-order valence-electron chi connectivity index (χ0n) is 15.0. The molecular formula is C19H18F5NO4. The summed E-state index contributed by atoms with van der Waals surface area (Å²) in [5.41, 5.74) is 5.29. The molecule has 0 saturated carbocycles. The molecule has 0 bridgehead atoms. The van der Waals surface area contributed by atoms with Gasteiger partial charge in [0, 0.05) is 18.4 Å². The number of hydrogen-bond donors (Lipinski definition) is 1. The van der Waals surface area contributed by atoms with Crippen molar-refractivity contribution in [2.24, 2.45) is 5.73 Å². The van der Waals surface area contributed by atoms with Crippen LogP contribution in [0.4, 0.5) is 22.0 Å². The Morgan fingerprint density at radius 3 is 2.00 bits per heavy atom. The molecule has 2 rings (SSSR count). The molecule has 0 heterocycles. The molecule has 0 aliphatic heterocycles. The smallest absolute Gasteiger partial charge is 0.460 e. The minimum Gasteiger partial charge on any atom is -0.460 e. The van der Waals surface area contributed by atoms with Crippen LogP contribution >= 0.6 is 0 Å². The first kappa shape index (κ1) is 22.3. The molecule has 0 aliphatic carbocycles. The third kappa shape index (κ3) is 8.24. The Hall–Kier alpha value is -3.04. The van der Waals surface area contributed by atoms with E-state index in [1.165, 1.54) is 24.3 Å². The number of nitrogens with two attached hydrogens (primary N) is 1. The predicted molar refractivity (Wildman–Crippen MR) is 93.0 cm³/mol. The molecule has 0 saturated heterocycles. The lowest BCUT2D eigenvalue weighted by Gasteiger charge is -2.14. The zero-order chi connectivity index (χ0) is 21.4. The number of rotatable bonds is 10. The van der Waals surface area contributed by atoms with Crippen LogP contribution in [0.2, 0.25) is 0 Å². The summed E-state index contributed by atoms with van der Waals surface area (Å²) in [4.78, 5) is 11.1. The van der Waals surface area contributed by atoms with E-state index in [0.29, 0.717) is 0 Å². The summed E-state index contributed by atoms with van der Waals surface area (Å²) < 4.78 is 77.6. The van der Waals surface area contributed by atoms with Crippen molar-refractivity contribution in [1.82, 2.24) is 0 Å². The second-order valence-corrected chi connectivity index (χ2v) is 5.90. The van der Waals surface area contributed by atoms with Gasteiger partial charge in [-0.3, -0.25) is 4.79 Å². The zero-order valence-corrected chi connectivity index (χ0v) is 15.0. The molecule has 0 aromatic heterocycles.